The first-order valence-electron chi connectivity index (χ1n) is 9.86. The molecule has 166 valence electrons. The van der Waals surface area contributed by atoms with Crippen LogP contribution < -0.4 is 5.32 Å². The van der Waals surface area contributed by atoms with Gasteiger partial charge in [0.15, 0.2) is 0 Å². The normalized spacial score (nSPS) is 12.1. The maximum Gasteiger partial charge on any atom is 0.268 e. The van der Waals surface area contributed by atoms with Crippen molar-refractivity contribution in [1.82, 2.24) is 13.9 Å². The second-order valence-electron chi connectivity index (χ2n) is 7.68. The average Bonchev–Trinajstić information content (AvgIpc) is 3.30. The van der Waals surface area contributed by atoms with E-state index in [2.05, 4.69) is 14.7 Å². The van der Waals surface area contributed by atoms with Gasteiger partial charge >= 0.3 is 0 Å². The summed E-state index contributed by atoms with van der Waals surface area (Å²) in [4.78, 5) is 16.6. The number of hydrogen-bond donors (Lipinski definition) is 1. The van der Waals surface area contributed by atoms with Gasteiger partial charge in [0.05, 0.1) is 5.75 Å². The molecule has 0 bridgehead atoms. The van der Waals surface area contributed by atoms with Crippen LogP contribution in [0.25, 0.3) is 11.8 Å². The van der Waals surface area contributed by atoms with E-state index < -0.39 is 15.7 Å². The first-order chi connectivity index (χ1) is 15.1. The number of aromatic nitrogens is 3. The van der Waals surface area contributed by atoms with Gasteiger partial charge in [-0.15, -0.1) is 0 Å². The Balaban J connectivity index is 1.84. The van der Waals surface area contributed by atoms with Crippen LogP contribution in [0.3, 0.4) is 0 Å². The summed E-state index contributed by atoms with van der Waals surface area (Å²) in [7, 11) is -3.63. The van der Waals surface area contributed by atoms with Crippen molar-refractivity contribution >= 4 is 38.5 Å². The fourth-order valence-electron chi connectivity index (χ4n) is 3.28. The maximum atomic E-state index is 12.6. The van der Waals surface area contributed by atoms with E-state index in [1.54, 1.807) is 13.8 Å². The number of nitriles is 1. The zero-order valence-electron chi connectivity index (χ0n) is 18.2. The van der Waals surface area contributed by atoms with Gasteiger partial charge in [-0.05, 0) is 49.6 Å². The lowest BCUT2D eigenvalue weighted by Crippen LogP contribution is -2.15. The number of benzene rings is 1. The molecule has 10 heteroatoms. The number of sulfone groups is 1. The van der Waals surface area contributed by atoms with Crippen LogP contribution in [0.15, 0.2) is 47.1 Å². The molecule has 0 saturated heterocycles. The summed E-state index contributed by atoms with van der Waals surface area (Å²) in [5.74, 6) is -0.845. The maximum absolute atomic E-state index is 12.6. The monoisotopic (exact) mass is 469 g/mol. The minimum atomic E-state index is -3.63. The Morgan fingerprint density at radius 2 is 1.97 bits per heavy atom. The summed E-state index contributed by atoms with van der Waals surface area (Å²) in [6.07, 6.45) is 1.51. The number of nitrogens with one attached hydrogen (secondary N) is 1. The summed E-state index contributed by atoms with van der Waals surface area (Å²) in [5, 5.41) is 11.7. The number of rotatable bonds is 7. The van der Waals surface area contributed by atoms with Crippen molar-refractivity contribution in [3.63, 3.8) is 0 Å². The molecule has 0 aliphatic carbocycles. The molecule has 3 rings (SSSR count). The number of carbonyl (C=O) groups is 1. The fraction of sp³-hybridized carbons (Fsp3) is 0.273. The summed E-state index contributed by atoms with van der Waals surface area (Å²) in [5.41, 5.74) is 3.43. The first kappa shape index (κ1) is 23.4. The van der Waals surface area contributed by atoms with E-state index in [0.29, 0.717) is 0 Å². The van der Waals surface area contributed by atoms with Crippen LogP contribution in [0, 0.1) is 31.1 Å². The molecular weight excluding hydrogens is 446 g/mol. The second-order valence-corrected chi connectivity index (χ2v) is 10.4. The third-order valence-electron chi connectivity index (χ3n) is 4.61. The molecule has 3 aromatic rings. The third kappa shape index (κ3) is 5.12. The van der Waals surface area contributed by atoms with E-state index in [1.165, 1.54) is 6.08 Å². The Morgan fingerprint density at radius 1 is 1.28 bits per heavy atom. The molecule has 1 amide bonds. The van der Waals surface area contributed by atoms with Crippen LogP contribution in [0.5, 0.6) is 0 Å². The largest absolute Gasteiger partial charge is 0.318 e. The number of carbonyl (C=O) groups excluding carboxylic acids is 1. The van der Waals surface area contributed by atoms with Crippen LogP contribution in [0.4, 0.5) is 5.13 Å². The van der Waals surface area contributed by atoms with Gasteiger partial charge in [-0.3, -0.25) is 10.1 Å². The first-order valence-corrected chi connectivity index (χ1v) is 12.3. The van der Waals surface area contributed by atoms with Gasteiger partial charge in [0.25, 0.3) is 11.1 Å². The van der Waals surface area contributed by atoms with Crippen LogP contribution >= 0.6 is 11.5 Å². The number of anilines is 1. The minimum absolute atomic E-state index is 0.0215. The van der Waals surface area contributed by atoms with E-state index in [9.17, 15) is 18.5 Å². The van der Waals surface area contributed by atoms with Gasteiger partial charge in [0.1, 0.15) is 11.6 Å². The van der Waals surface area contributed by atoms with Crippen molar-refractivity contribution in [3.05, 3.63) is 58.9 Å². The minimum Gasteiger partial charge on any atom is -0.318 e. The highest BCUT2D eigenvalue weighted by Crippen LogP contribution is 2.23. The Morgan fingerprint density at radius 3 is 2.59 bits per heavy atom. The second kappa shape index (κ2) is 9.46. The van der Waals surface area contributed by atoms with E-state index in [0.717, 1.165) is 34.2 Å². The van der Waals surface area contributed by atoms with Crippen molar-refractivity contribution in [2.24, 2.45) is 5.92 Å². The van der Waals surface area contributed by atoms with Gasteiger partial charge in [-0.1, -0.05) is 32.0 Å². The highest BCUT2D eigenvalue weighted by molar-refractivity contribution is 7.91. The van der Waals surface area contributed by atoms with E-state index in [1.807, 2.05) is 60.9 Å². The van der Waals surface area contributed by atoms with Crippen molar-refractivity contribution in [2.75, 3.05) is 11.1 Å². The van der Waals surface area contributed by atoms with E-state index >= 15 is 0 Å². The zero-order chi connectivity index (χ0) is 23.5. The molecule has 1 aromatic carbocycles. The Hall–Kier alpha value is -3.29. The lowest BCUT2D eigenvalue weighted by Gasteiger charge is -2.09. The fourth-order valence-corrected chi connectivity index (χ4v) is 5.63. The molecule has 2 aromatic heterocycles. The smallest absolute Gasteiger partial charge is 0.268 e. The topological polar surface area (TPSA) is 118 Å². The van der Waals surface area contributed by atoms with Crippen LogP contribution in [0.2, 0.25) is 0 Å². The van der Waals surface area contributed by atoms with Crippen molar-refractivity contribution in [2.45, 2.75) is 32.9 Å². The van der Waals surface area contributed by atoms with Gasteiger partial charge in [-0.2, -0.15) is 14.6 Å². The molecule has 0 radical (unpaired) electrons. The van der Waals surface area contributed by atoms with Gasteiger partial charge < -0.3 is 4.57 Å². The molecular formula is C22H23N5O3S2. The summed E-state index contributed by atoms with van der Waals surface area (Å²) in [6.45, 7) is 7.43. The highest BCUT2D eigenvalue weighted by Gasteiger charge is 2.23. The van der Waals surface area contributed by atoms with Crippen LogP contribution in [0.1, 0.15) is 30.8 Å². The Kier molecular flexibility index (Phi) is 6.91. The molecule has 0 saturated carbocycles. The Labute approximate surface area is 191 Å². The highest BCUT2D eigenvalue weighted by atomic mass is 32.2. The predicted octanol–water partition coefficient (Wildman–Crippen LogP) is 3.92. The van der Waals surface area contributed by atoms with Gasteiger partial charge in [0.2, 0.25) is 15.0 Å². The molecule has 0 aliphatic rings. The van der Waals surface area contributed by atoms with Gasteiger partial charge in [-0.25, -0.2) is 8.42 Å². The van der Waals surface area contributed by atoms with Crippen LogP contribution in [-0.2, 0) is 14.6 Å². The molecule has 2 heterocycles. The molecule has 8 nitrogen and oxygen atoms in total. The zero-order valence-corrected chi connectivity index (χ0v) is 19.8. The molecule has 32 heavy (non-hydrogen) atoms. The number of para-hydroxylation sites is 1. The number of amides is 1. The summed E-state index contributed by atoms with van der Waals surface area (Å²) in [6, 6.07) is 13.6. The molecule has 0 spiro atoms. The summed E-state index contributed by atoms with van der Waals surface area (Å²) >= 11 is 0.760. The van der Waals surface area contributed by atoms with Crippen molar-refractivity contribution in [1.29, 1.82) is 5.26 Å². The predicted molar refractivity (Wildman–Crippen MR) is 124 cm³/mol. The summed E-state index contributed by atoms with van der Waals surface area (Å²) < 4.78 is 30.4. The SMILES string of the molecule is Cc1cc(C=C(C#N)C(=O)Nc2nc(S(=O)(=O)CC(C)C)ns2)c(C)n1-c1ccccc1. The van der Waals surface area contributed by atoms with Gasteiger partial charge in [0, 0.05) is 28.6 Å². The molecule has 0 fully saturated rings. The van der Waals surface area contributed by atoms with Crippen molar-refractivity contribution < 1.29 is 13.2 Å². The quantitative estimate of drug-likeness (QED) is 0.414. The molecule has 0 unspecified atom stereocenters. The van der Waals surface area contributed by atoms with Crippen molar-refractivity contribution in [3.8, 4) is 11.8 Å². The average molecular weight is 470 g/mol. The lowest BCUT2D eigenvalue weighted by atomic mass is 10.1. The molecule has 0 atom stereocenters. The standard InChI is InChI=1S/C22H23N5O3S2/c1-14(2)13-32(29,30)22-25-21(31-26-22)24-20(28)18(12-23)11-17-10-15(3)27(16(17)4)19-8-6-5-7-9-19/h5-11,14H,13H2,1-4H3,(H,24,25,26,28). The third-order valence-corrected chi connectivity index (χ3v) is 7.20. The number of nitrogens with zero attached hydrogens (tertiary/aromatic N) is 4. The molecule has 0 aliphatic heterocycles. The van der Waals surface area contributed by atoms with E-state index in [4.69, 9.17) is 0 Å². The number of aryl methyl sites for hydroxylation is 1. The lowest BCUT2D eigenvalue weighted by molar-refractivity contribution is -0.112. The number of hydrogen-bond acceptors (Lipinski definition) is 7. The van der Waals surface area contributed by atoms with Crippen LogP contribution in [-0.4, -0.2) is 34.0 Å². The van der Waals surface area contributed by atoms with E-state index in [-0.39, 0.29) is 27.5 Å². The molecule has 1 N–H and O–H groups in total. The Bertz CT molecular complexity index is 1310.